The third-order valence-corrected chi connectivity index (χ3v) is 3.95. The van der Waals surface area contributed by atoms with Crippen molar-refractivity contribution in [3.05, 3.63) is 78.4 Å². The van der Waals surface area contributed by atoms with Crippen LogP contribution in [0.1, 0.15) is 5.56 Å². The lowest BCUT2D eigenvalue weighted by Gasteiger charge is -2.13. The fourth-order valence-electron chi connectivity index (χ4n) is 2.54. The molecule has 0 aliphatic heterocycles. The van der Waals surface area contributed by atoms with Gasteiger partial charge in [-0.25, -0.2) is 0 Å². The summed E-state index contributed by atoms with van der Waals surface area (Å²) in [4.78, 5) is 2.06. The van der Waals surface area contributed by atoms with Gasteiger partial charge in [0, 0.05) is 26.3 Å². The highest BCUT2D eigenvalue weighted by Crippen LogP contribution is 2.27. The molecule has 134 valence electrons. The topological polar surface area (TPSA) is 33.7 Å². The second-order valence-corrected chi connectivity index (χ2v) is 6.24. The molecule has 0 saturated heterocycles. The van der Waals surface area contributed by atoms with Crippen molar-refractivity contribution in [3.63, 3.8) is 0 Å². The van der Waals surface area contributed by atoms with Crippen LogP contribution in [-0.4, -0.2) is 21.1 Å². The Kier molecular flexibility index (Phi) is 5.77. The summed E-state index contributed by atoms with van der Waals surface area (Å²) >= 11 is 0. The molecule has 26 heavy (non-hydrogen) atoms. The number of rotatable bonds is 7. The van der Waals surface area contributed by atoms with Crippen molar-refractivity contribution < 1.29 is 9.47 Å². The number of anilines is 1. The van der Waals surface area contributed by atoms with Crippen LogP contribution in [0.2, 0.25) is 0 Å². The van der Waals surface area contributed by atoms with Crippen LogP contribution in [0.15, 0.2) is 72.8 Å². The Hall–Kier alpha value is -2.98. The monoisotopic (exact) mass is 348 g/mol. The first-order valence-electron chi connectivity index (χ1n) is 8.61. The van der Waals surface area contributed by atoms with Crippen molar-refractivity contribution in [3.8, 4) is 23.0 Å². The molecule has 1 N–H and O–H groups in total. The molecule has 0 saturated carbocycles. The first kappa shape index (κ1) is 17.8. The van der Waals surface area contributed by atoms with Crippen LogP contribution in [0, 0.1) is 0 Å². The Morgan fingerprint density at radius 3 is 1.42 bits per heavy atom. The van der Waals surface area contributed by atoms with Gasteiger partial charge in [-0.3, -0.25) is 0 Å². The van der Waals surface area contributed by atoms with Crippen LogP contribution in [0.5, 0.6) is 23.0 Å². The first-order chi connectivity index (χ1) is 12.6. The lowest BCUT2D eigenvalue weighted by atomic mass is 10.2. The van der Waals surface area contributed by atoms with Gasteiger partial charge >= 0.3 is 0 Å². The molecule has 0 unspecified atom stereocenters. The van der Waals surface area contributed by atoms with E-state index in [9.17, 15) is 0 Å². The van der Waals surface area contributed by atoms with Crippen LogP contribution in [0.25, 0.3) is 0 Å². The summed E-state index contributed by atoms with van der Waals surface area (Å²) in [5.74, 6) is 3.18. The van der Waals surface area contributed by atoms with Crippen LogP contribution < -0.4 is 19.7 Å². The number of nitrogens with zero attached hydrogens (tertiary/aromatic N) is 1. The molecule has 3 aromatic rings. The average Bonchev–Trinajstić information content (AvgIpc) is 2.66. The zero-order chi connectivity index (χ0) is 18.4. The van der Waals surface area contributed by atoms with E-state index in [1.807, 2.05) is 81.8 Å². The third kappa shape index (κ3) is 4.77. The number of benzene rings is 3. The van der Waals surface area contributed by atoms with E-state index >= 15 is 0 Å². The molecule has 0 aliphatic carbocycles. The molecule has 3 rings (SSSR count). The highest BCUT2D eigenvalue weighted by Gasteiger charge is 2.02. The molecule has 0 amide bonds. The molecule has 0 aliphatic rings. The number of nitrogens with one attached hydrogen (secondary N) is 1. The highest BCUT2D eigenvalue weighted by molar-refractivity contribution is 5.48. The predicted octanol–water partition coefficient (Wildman–Crippen LogP) is 5.06. The second-order valence-electron chi connectivity index (χ2n) is 6.24. The third-order valence-electron chi connectivity index (χ3n) is 3.95. The van der Waals surface area contributed by atoms with Gasteiger partial charge in [0.25, 0.3) is 0 Å². The van der Waals surface area contributed by atoms with E-state index in [-0.39, 0.29) is 0 Å². The summed E-state index contributed by atoms with van der Waals surface area (Å²) in [5, 5.41) is 3.13. The Labute approximate surface area is 155 Å². The molecular weight excluding hydrogens is 324 g/mol. The van der Waals surface area contributed by atoms with Crippen molar-refractivity contribution in [2.24, 2.45) is 0 Å². The van der Waals surface area contributed by atoms with Gasteiger partial charge in [0.05, 0.1) is 0 Å². The molecule has 0 heterocycles. The Morgan fingerprint density at radius 1 is 0.654 bits per heavy atom. The number of ether oxygens (including phenoxy) is 2. The van der Waals surface area contributed by atoms with E-state index in [4.69, 9.17) is 9.47 Å². The fourth-order valence-corrected chi connectivity index (χ4v) is 2.54. The van der Waals surface area contributed by atoms with E-state index in [0.29, 0.717) is 0 Å². The molecule has 4 heteroatoms. The summed E-state index contributed by atoms with van der Waals surface area (Å²) in [5.41, 5.74) is 2.37. The molecule has 3 aromatic carbocycles. The smallest absolute Gasteiger partial charge is 0.127 e. The minimum Gasteiger partial charge on any atom is -0.457 e. The van der Waals surface area contributed by atoms with Crippen LogP contribution in [-0.2, 0) is 6.54 Å². The summed E-state index contributed by atoms with van der Waals surface area (Å²) in [6.45, 7) is 0.849. The van der Waals surface area contributed by atoms with Crippen LogP contribution in [0.3, 0.4) is 0 Å². The van der Waals surface area contributed by atoms with Crippen molar-refractivity contribution in [2.45, 2.75) is 6.54 Å². The summed E-state index contributed by atoms with van der Waals surface area (Å²) in [7, 11) is 5.97. The average molecular weight is 348 g/mol. The predicted molar refractivity (Wildman–Crippen MR) is 107 cm³/mol. The quantitative estimate of drug-likeness (QED) is 0.647. The Bertz CT molecular complexity index is 810. The zero-order valence-corrected chi connectivity index (χ0v) is 15.4. The van der Waals surface area contributed by atoms with Crippen LogP contribution >= 0.6 is 0 Å². The van der Waals surface area contributed by atoms with E-state index in [1.165, 1.54) is 5.56 Å². The minimum absolute atomic E-state index is 0.777. The maximum absolute atomic E-state index is 5.88. The molecule has 4 nitrogen and oxygen atoms in total. The van der Waals surface area contributed by atoms with Crippen molar-refractivity contribution in [1.29, 1.82) is 0 Å². The van der Waals surface area contributed by atoms with E-state index in [2.05, 4.69) is 22.3 Å². The standard InChI is InChI=1S/C22H24N2O2/c1-23-16-17-4-8-19(9-5-17)25-21-12-14-22(15-13-21)26-20-10-6-18(7-11-20)24(2)3/h4-15,23H,16H2,1-3H3. The minimum atomic E-state index is 0.777. The van der Waals surface area contributed by atoms with Gasteiger partial charge in [0.1, 0.15) is 23.0 Å². The van der Waals surface area contributed by atoms with E-state index < -0.39 is 0 Å². The molecular formula is C22H24N2O2. The molecule has 0 bridgehead atoms. The Morgan fingerprint density at radius 2 is 1.04 bits per heavy atom. The SMILES string of the molecule is CNCc1ccc(Oc2ccc(Oc3ccc(N(C)C)cc3)cc2)cc1. The molecule has 0 fully saturated rings. The van der Waals surface area contributed by atoms with Crippen molar-refractivity contribution in [2.75, 3.05) is 26.0 Å². The van der Waals surface area contributed by atoms with Crippen molar-refractivity contribution in [1.82, 2.24) is 5.32 Å². The van der Waals surface area contributed by atoms with Gasteiger partial charge in [0.15, 0.2) is 0 Å². The molecule has 0 atom stereocenters. The zero-order valence-electron chi connectivity index (χ0n) is 15.4. The van der Waals surface area contributed by atoms with E-state index in [0.717, 1.165) is 35.2 Å². The summed E-state index contributed by atoms with van der Waals surface area (Å²) in [6, 6.07) is 23.7. The lowest BCUT2D eigenvalue weighted by Crippen LogP contribution is -2.07. The second kappa shape index (κ2) is 8.41. The molecule has 0 spiro atoms. The highest BCUT2D eigenvalue weighted by atomic mass is 16.5. The molecule has 0 radical (unpaired) electrons. The summed E-state index contributed by atoms with van der Waals surface area (Å²) < 4.78 is 11.8. The normalized spacial score (nSPS) is 10.4. The summed E-state index contributed by atoms with van der Waals surface area (Å²) in [6.07, 6.45) is 0. The van der Waals surface area contributed by atoms with Gasteiger partial charge in [-0.05, 0) is 73.3 Å². The Balaban J connectivity index is 1.61. The van der Waals surface area contributed by atoms with Gasteiger partial charge in [-0.1, -0.05) is 12.1 Å². The maximum Gasteiger partial charge on any atom is 0.127 e. The van der Waals surface area contributed by atoms with Gasteiger partial charge in [-0.2, -0.15) is 0 Å². The van der Waals surface area contributed by atoms with Crippen LogP contribution in [0.4, 0.5) is 5.69 Å². The maximum atomic E-state index is 5.88. The van der Waals surface area contributed by atoms with Crippen molar-refractivity contribution >= 4 is 5.69 Å². The lowest BCUT2D eigenvalue weighted by molar-refractivity contribution is 0.469. The van der Waals surface area contributed by atoms with Gasteiger partial charge in [-0.15, -0.1) is 0 Å². The fraction of sp³-hybridized carbons (Fsp3) is 0.182. The number of hydrogen-bond donors (Lipinski definition) is 1. The molecule has 0 aromatic heterocycles. The van der Waals surface area contributed by atoms with Gasteiger partial charge in [0.2, 0.25) is 0 Å². The first-order valence-corrected chi connectivity index (χ1v) is 8.61. The van der Waals surface area contributed by atoms with Gasteiger partial charge < -0.3 is 19.7 Å². The van der Waals surface area contributed by atoms with E-state index in [1.54, 1.807) is 0 Å². The number of hydrogen-bond acceptors (Lipinski definition) is 4. The largest absolute Gasteiger partial charge is 0.457 e.